The van der Waals surface area contributed by atoms with Crippen LogP contribution in [0.2, 0.25) is 0 Å². The van der Waals surface area contributed by atoms with Crippen LogP contribution in [0, 0.1) is 5.92 Å². The highest BCUT2D eigenvalue weighted by molar-refractivity contribution is 7.89. The summed E-state index contributed by atoms with van der Waals surface area (Å²) in [6.07, 6.45) is 5.21. The van der Waals surface area contributed by atoms with Crippen LogP contribution in [-0.4, -0.2) is 59.7 Å². The molecule has 3 heterocycles. The summed E-state index contributed by atoms with van der Waals surface area (Å²) in [5, 5.41) is 0.924. The zero-order valence-corrected chi connectivity index (χ0v) is 14.7. The van der Waals surface area contributed by atoms with E-state index >= 15 is 0 Å². The number of allylic oxidation sites excluding steroid dienone is 2. The van der Waals surface area contributed by atoms with E-state index in [1.807, 2.05) is 30.3 Å². The summed E-state index contributed by atoms with van der Waals surface area (Å²) < 4.78 is 39.3. The summed E-state index contributed by atoms with van der Waals surface area (Å²) in [5.41, 5.74) is 1.80. The molecule has 1 aliphatic heterocycles. The number of anilines is 1. The number of hydrogen-bond acceptors (Lipinski definition) is 5. The third-order valence-electron chi connectivity index (χ3n) is 4.89. The quantitative estimate of drug-likeness (QED) is 0.872. The molecule has 2 aromatic rings. The van der Waals surface area contributed by atoms with Gasteiger partial charge in [0, 0.05) is 32.0 Å². The molecule has 7 nitrogen and oxygen atoms in total. The van der Waals surface area contributed by atoms with Crippen molar-refractivity contribution in [2.75, 3.05) is 30.8 Å². The van der Waals surface area contributed by atoms with E-state index in [0.717, 1.165) is 22.5 Å². The van der Waals surface area contributed by atoms with Gasteiger partial charge in [-0.3, -0.25) is 0 Å². The Kier molecular flexibility index (Phi) is 3.99. The van der Waals surface area contributed by atoms with Gasteiger partial charge in [-0.2, -0.15) is 4.31 Å². The largest absolute Gasteiger partial charge is 0.346 e. The maximum atomic E-state index is 13.3. The second-order valence-corrected chi connectivity index (χ2v) is 8.65. The van der Waals surface area contributed by atoms with Gasteiger partial charge in [-0.15, -0.1) is 0 Å². The average molecular weight is 365 g/mol. The number of sulfonamides is 1. The number of halogens is 1. The minimum atomic E-state index is -3.39. The van der Waals surface area contributed by atoms with Crippen LogP contribution < -0.4 is 4.90 Å². The molecule has 9 heteroatoms. The van der Waals surface area contributed by atoms with Crippen LogP contribution in [0.15, 0.2) is 30.4 Å². The molecule has 134 valence electrons. The van der Waals surface area contributed by atoms with E-state index in [0.29, 0.717) is 19.4 Å². The van der Waals surface area contributed by atoms with Crippen molar-refractivity contribution in [3.05, 3.63) is 30.4 Å². The Labute approximate surface area is 145 Å². The zero-order chi connectivity index (χ0) is 17.6. The van der Waals surface area contributed by atoms with Gasteiger partial charge in [-0.1, -0.05) is 6.08 Å². The standard InChI is InChI=1S/C16H20FN5O2S/c1-21(16-14-2-4-18-15(14)19-10-20-16)13-6-11(7-13)9-25(23,24)22-5-3-12(17)8-22/h2,4,6,10-12H,3,5,7-9H2,1H3,(H,18,19,20)/t11-,12+/m1/s1. The van der Waals surface area contributed by atoms with E-state index < -0.39 is 16.2 Å². The molecule has 0 aromatic carbocycles. The zero-order valence-electron chi connectivity index (χ0n) is 13.9. The molecule has 0 radical (unpaired) electrons. The first-order chi connectivity index (χ1) is 11.9. The third kappa shape index (κ3) is 3.02. The molecule has 1 saturated heterocycles. The van der Waals surface area contributed by atoms with E-state index in [4.69, 9.17) is 0 Å². The maximum Gasteiger partial charge on any atom is 0.214 e. The number of alkyl halides is 1. The first-order valence-electron chi connectivity index (χ1n) is 8.28. The minimum Gasteiger partial charge on any atom is -0.346 e. The number of nitrogens with zero attached hydrogens (tertiary/aromatic N) is 4. The van der Waals surface area contributed by atoms with Crippen molar-refractivity contribution in [1.29, 1.82) is 0 Å². The lowest BCUT2D eigenvalue weighted by molar-refractivity contribution is 0.342. The van der Waals surface area contributed by atoms with Crippen molar-refractivity contribution in [2.45, 2.75) is 19.0 Å². The van der Waals surface area contributed by atoms with Gasteiger partial charge >= 0.3 is 0 Å². The molecule has 4 rings (SSSR count). The topological polar surface area (TPSA) is 82.2 Å². The van der Waals surface area contributed by atoms with Crippen LogP contribution in [0.3, 0.4) is 0 Å². The van der Waals surface area contributed by atoms with Gasteiger partial charge in [0.15, 0.2) is 0 Å². The summed E-state index contributed by atoms with van der Waals surface area (Å²) in [7, 11) is -1.48. The first kappa shape index (κ1) is 16.5. The molecule has 0 amide bonds. The van der Waals surface area contributed by atoms with Crippen molar-refractivity contribution >= 4 is 26.9 Å². The Bertz CT molecular complexity index is 926. The molecule has 1 N–H and O–H groups in total. The highest BCUT2D eigenvalue weighted by Gasteiger charge is 2.35. The number of aromatic nitrogens is 3. The number of aromatic amines is 1. The highest BCUT2D eigenvalue weighted by Crippen LogP contribution is 2.34. The number of H-pyrrole nitrogens is 1. The number of fused-ring (bicyclic) bond motifs is 1. The summed E-state index contributed by atoms with van der Waals surface area (Å²) in [6.45, 7) is 0.289. The minimum absolute atomic E-state index is 0.00205. The van der Waals surface area contributed by atoms with Gasteiger partial charge in [-0.05, 0) is 24.8 Å². The summed E-state index contributed by atoms with van der Waals surface area (Å²) >= 11 is 0. The van der Waals surface area contributed by atoms with Gasteiger partial charge in [-0.25, -0.2) is 22.8 Å². The number of nitrogens with one attached hydrogen (secondary N) is 1. The van der Waals surface area contributed by atoms with Crippen molar-refractivity contribution < 1.29 is 12.8 Å². The lowest BCUT2D eigenvalue weighted by atomic mass is 9.92. The normalized spacial score (nSPS) is 24.3. The summed E-state index contributed by atoms with van der Waals surface area (Å²) in [5.74, 6) is 0.795. The molecule has 0 spiro atoms. The predicted octanol–water partition coefficient (Wildman–Crippen LogP) is 1.67. The Morgan fingerprint density at radius 1 is 1.44 bits per heavy atom. The van der Waals surface area contributed by atoms with Crippen LogP contribution in [-0.2, 0) is 10.0 Å². The molecule has 25 heavy (non-hydrogen) atoms. The Morgan fingerprint density at radius 2 is 2.24 bits per heavy atom. The molecule has 1 fully saturated rings. The fraction of sp³-hybridized carbons (Fsp3) is 0.500. The van der Waals surface area contributed by atoms with Crippen LogP contribution >= 0.6 is 0 Å². The predicted molar refractivity (Wildman–Crippen MR) is 93.4 cm³/mol. The molecule has 0 saturated carbocycles. The molecule has 1 aliphatic carbocycles. The van der Waals surface area contributed by atoms with E-state index in [-0.39, 0.29) is 18.2 Å². The van der Waals surface area contributed by atoms with Gasteiger partial charge < -0.3 is 9.88 Å². The summed E-state index contributed by atoms with van der Waals surface area (Å²) in [4.78, 5) is 13.5. The van der Waals surface area contributed by atoms with Gasteiger partial charge in [0.25, 0.3) is 0 Å². The van der Waals surface area contributed by atoms with Gasteiger partial charge in [0.2, 0.25) is 10.0 Å². The number of rotatable bonds is 5. The average Bonchev–Trinajstić information content (AvgIpc) is 3.18. The molecule has 2 aromatic heterocycles. The second kappa shape index (κ2) is 6.06. The molecular weight excluding hydrogens is 345 g/mol. The van der Waals surface area contributed by atoms with Crippen LogP contribution in [0.1, 0.15) is 12.8 Å². The first-order valence-corrected chi connectivity index (χ1v) is 9.89. The summed E-state index contributed by atoms with van der Waals surface area (Å²) in [6, 6.07) is 1.92. The van der Waals surface area contributed by atoms with Crippen molar-refractivity contribution in [3.63, 3.8) is 0 Å². The number of hydrogen-bond donors (Lipinski definition) is 1. The van der Waals surface area contributed by atoms with E-state index in [1.165, 1.54) is 10.6 Å². The fourth-order valence-electron chi connectivity index (χ4n) is 3.44. The smallest absolute Gasteiger partial charge is 0.214 e. The second-order valence-electron chi connectivity index (χ2n) is 6.64. The van der Waals surface area contributed by atoms with Crippen molar-refractivity contribution in [3.8, 4) is 0 Å². The van der Waals surface area contributed by atoms with Crippen molar-refractivity contribution in [1.82, 2.24) is 19.3 Å². The molecule has 0 bridgehead atoms. The third-order valence-corrected chi connectivity index (χ3v) is 6.86. The molecular formula is C16H20FN5O2S. The van der Waals surface area contributed by atoms with Gasteiger partial charge in [0.05, 0.1) is 11.1 Å². The van der Waals surface area contributed by atoms with E-state index in [1.54, 1.807) is 0 Å². The highest BCUT2D eigenvalue weighted by atomic mass is 32.2. The Morgan fingerprint density at radius 3 is 2.96 bits per heavy atom. The molecule has 2 aliphatic rings. The fourth-order valence-corrected chi connectivity index (χ4v) is 5.18. The van der Waals surface area contributed by atoms with Crippen LogP contribution in [0.5, 0.6) is 0 Å². The Balaban J connectivity index is 1.45. The monoisotopic (exact) mass is 365 g/mol. The van der Waals surface area contributed by atoms with Crippen LogP contribution in [0.25, 0.3) is 11.0 Å². The van der Waals surface area contributed by atoms with E-state index in [9.17, 15) is 12.8 Å². The lowest BCUT2D eigenvalue weighted by Crippen LogP contribution is -2.36. The van der Waals surface area contributed by atoms with Gasteiger partial charge in [0.1, 0.15) is 24.0 Å². The maximum absolute atomic E-state index is 13.3. The van der Waals surface area contributed by atoms with Crippen LogP contribution in [0.4, 0.5) is 10.2 Å². The Hall–Kier alpha value is -2.00. The molecule has 0 unspecified atom stereocenters. The van der Waals surface area contributed by atoms with E-state index in [2.05, 4.69) is 15.0 Å². The SMILES string of the molecule is CN(C1=C[C@@H](CS(=O)(=O)N2CC[C@H](F)C2)C1)c1ncnc2[nH]ccc12. The molecule has 2 atom stereocenters. The van der Waals surface area contributed by atoms with Crippen molar-refractivity contribution in [2.24, 2.45) is 5.92 Å². The lowest BCUT2D eigenvalue weighted by Gasteiger charge is -2.33.